The number of rotatable bonds is 6. The minimum Gasteiger partial charge on any atom is -0.383 e. The van der Waals surface area contributed by atoms with Gasteiger partial charge in [0, 0.05) is 18.2 Å². The highest BCUT2D eigenvalue weighted by Crippen LogP contribution is 2.18. The van der Waals surface area contributed by atoms with Gasteiger partial charge in [0.1, 0.15) is 0 Å². The summed E-state index contributed by atoms with van der Waals surface area (Å²) in [6, 6.07) is 9.94. The van der Waals surface area contributed by atoms with E-state index in [-0.39, 0.29) is 11.4 Å². The predicted molar refractivity (Wildman–Crippen MR) is 84.7 cm³/mol. The van der Waals surface area contributed by atoms with Crippen LogP contribution in [0.1, 0.15) is 18.1 Å². The molecule has 0 aliphatic heterocycles. The maximum Gasteiger partial charge on any atom is 0.271 e. The first kappa shape index (κ1) is 15.7. The summed E-state index contributed by atoms with van der Waals surface area (Å²) in [4.78, 5) is 12.2. The van der Waals surface area contributed by atoms with Crippen molar-refractivity contribution in [1.29, 1.82) is 0 Å². The van der Waals surface area contributed by atoms with Gasteiger partial charge in [0.15, 0.2) is 0 Å². The maximum absolute atomic E-state index is 12.2. The van der Waals surface area contributed by atoms with Crippen molar-refractivity contribution in [2.75, 3.05) is 13.7 Å². The molecule has 0 unspecified atom stereocenters. The van der Waals surface area contributed by atoms with E-state index in [1.54, 1.807) is 13.2 Å². The molecule has 0 amide bonds. The normalized spacial score (nSPS) is 10.8. The van der Waals surface area contributed by atoms with Crippen LogP contribution < -0.4 is 5.56 Å². The fourth-order valence-corrected chi connectivity index (χ4v) is 2.27. The number of alkyl halides is 1. The van der Waals surface area contributed by atoms with Gasteiger partial charge in [-0.2, -0.15) is 5.10 Å². The quantitative estimate of drug-likeness (QED) is 0.771. The van der Waals surface area contributed by atoms with Crippen LogP contribution in [0, 0.1) is 0 Å². The SMILES string of the molecule is CCc1ccc(-c2cc(CCl)c(=O)n(CCOC)n2)cc1. The third kappa shape index (κ3) is 3.71. The lowest BCUT2D eigenvalue weighted by molar-refractivity contribution is 0.182. The summed E-state index contributed by atoms with van der Waals surface area (Å²) in [5, 5.41) is 4.41. The average molecular weight is 307 g/mol. The lowest BCUT2D eigenvalue weighted by Crippen LogP contribution is -2.27. The summed E-state index contributed by atoms with van der Waals surface area (Å²) in [6.07, 6.45) is 0.994. The van der Waals surface area contributed by atoms with Crippen LogP contribution in [0.15, 0.2) is 35.1 Å². The Kier molecular flexibility index (Phi) is 5.53. The minimum absolute atomic E-state index is 0.157. The minimum atomic E-state index is -0.157. The van der Waals surface area contributed by atoms with Crippen molar-refractivity contribution in [1.82, 2.24) is 9.78 Å². The Morgan fingerprint density at radius 2 is 2.00 bits per heavy atom. The number of aromatic nitrogens is 2. The Labute approximate surface area is 129 Å². The summed E-state index contributed by atoms with van der Waals surface area (Å²) in [6.45, 7) is 2.97. The van der Waals surface area contributed by atoms with Crippen LogP contribution in [-0.2, 0) is 23.6 Å². The summed E-state index contributed by atoms with van der Waals surface area (Å²) in [5.74, 6) is 0.175. The molecule has 0 radical (unpaired) electrons. The fourth-order valence-electron chi connectivity index (χ4n) is 2.07. The molecule has 0 bridgehead atoms. The molecule has 0 spiro atoms. The molecular weight excluding hydrogens is 288 g/mol. The Morgan fingerprint density at radius 3 is 2.57 bits per heavy atom. The van der Waals surface area contributed by atoms with Crippen molar-refractivity contribution >= 4 is 11.6 Å². The predicted octanol–water partition coefficient (Wildman–Crippen LogP) is 2.86. The highest BCUT2D eigenvalue weighted by atomic mass is 35.5. The average Bonchev–Trinajstić information content (AvgIpc) is 2.54. The number of methoxy groups -OCH3 is 1. The molecule has 0 aliphatic rings. The Hall–Kier alpha value is -1.65. The van der Waals surface area contributed by atoms with Gasteiger partial charge in [-0.3, -0.25) is 4.79 Å². The summed E-state index contributed by atoms with van der Waals surface area (Å²) in [5.41, 5.74) is 3.39. The molecule has 0 atom stereocenters. The number of hydrogen-bond donors (Lipinski definition) is 0. The molecule has 0 N–H and O–H groups in total. The lowest BCUT2D eigenvalue weighted by Gasteiger charge is -2.09. The van der Waals surface area contributed by atoms with Crippen molar-refractivity contribution < 1.29 is 4.74 Å². The van der Waals surface area contributed by atoms with Gasteiger partial charge in [0.05, 0.1) is 24.7 Å². The highest BCUT2D eigenvalue weighted by molar-refractivity contribution is 6.17. The molecule has 0 saturated heterocycles. The molecule has 1 aromatic heterocycles. The zero-order chi connectivity index (χ0) is 15.2. The van der Waals surface area contributed by atoms with Gasteiger partial charge in [0.25, 0.3) is 5.56 Å². The standard InChI is InChI=1S/C16H19ClN2O2/c1-3-12-4-6-13(7-5-12)15-10-14(11-17)16(20)19(18-15)8-9-21-2/h4-7,10H,3,8-9,11H2,1-2H3. The van der Waals surface area contributed by atoms with Gasteiger partial charge in [0.2, 0.25) is 0 Å². The van der Waals surface area contributed by atoms with Gasteiger partial charge in [-0.05, 0) is 18.1 Å². The molecule has 1 aromatic carbocycles. The van der Waals surface area contributed by atoms with Crippen molar-refractivity contribution in [2.45, 2.75) is 25.8 Å². The Balaban J connectivity index is 2.44. The molecule has 0 fully saturated rings. The van der Waals surface area contributed by atoms with Gasteiger partial charge in [-0.1, -0.05) is 31.2 Å². The van der Waals surface area contributed by atoms with Crippen molar-refractivity contribution in [3.05, 3.63) is 51.8 Å². The monoisotopic (exact) mass is 306 g/mol. The van der Waals surface area contributed by atoms with Crippen LogP contribution >= 0.6 is 11.6 Å². The van der Waals surface area contributed by atoms with E-state index >= 15 is 0 Å². The van der Waals surface area contributed by atoms with E-state index in [1.807, 2.05) is 12.1 Å². The largest absolute Gasteiger partial charge is 0.383 e. The first-order chi connectivity index (χ1) is 10.2. The smallest absolute Gasteiger partial charge is 0.271 e. The van der Waals surface area contributed by atoms with Crippen LogP contribution in [-0.4, -0.2) is 23.5 Å². The summed E-state index contributed by atoms with van der Waals surface area (Å²) >= 11 is 5.87. The first-order valence-electron chi connectivity index (χ1n) is 6.94. The molecule has 112 valence electrons. The molecule has 0 saturated carbocycles. The third-order valence-electron chi connectivity index (χ3n) is 3.36. The van der Waals surface area contributed by atoms with E-state index in [9.17, 15) is 4.79 Å². The molecule has 2 rings (SSSR count). The number of ether oxygens (including phenoxy) is 1. The van der Waals surface area contributed by atoms with Crippen LogP contribution in [0.4, 0.5) is 0 Å². The topological polar surface area (TPSA) is 44.1 Å². The Morgan fingerprint density at radius 1 is 1.29 bits per heavy atom. The number of nitrogens with zero attached hydrogens (tertiary/aromatic N) is 2. The van der Waals surface area contributed by atoms with E-state index in [0.717, 1.165) is 17.7 Å². The van der Waals surface area contributed by atoms with Crippen molar-refractivity contribution in [2.24, 2.45) is 0 Å². The van der Waals surface area contributed by atoms with Crippen molar-refractivity contribution in [3.63, 3.8) is 0 Å². The summed E-state index contributed by atoms with van der Waals surface area (Å²) in [7, 11) is 1.60. The molecule has 21 heavy (non-hydrogen) atoms. The second-order valence-electron chi connectivity index (χ2n) is 4.76. The number of hydrogen-bond acceptors (Lipinski definition) is 3. The number of halogens is 1. The molecule has 5 heteroatoms. The zero-order valence-corrected chi connectivity index (χ0v) is 13.1. The number of benzene rings is 1. The van der Waals surface area contributed by atoms with Gasteiger partial charge < -0.3 is 4.74 Å². The van der Waals surface area contributed by atoms with Crippen LogP contribution in [0.2, 0.25) is 0 Å². The Bertz CT molecular complexity index is 650. The zero-order valence-electron chi connectivity index (χ0n) is 12.3. The fraction of sp³-hybridized carbons (Fsp3) is 0.375. The van der Waals surface area contributed by atoms with E-state index in [0.29, 0.717) is 18.7 Å². The van der Waals surface area contributed by atoms with Crippen LogP contribution in [0.5, 0.6) is 0 Å². The number of aryl methyl sites for hydroxylation is 1. The van der Waals surface area contributed by atoms with E-state index in [2.05, 4.69) is 24.2 Å². The van der Waals surface area contributed by atoms with Crippen LogP contribution in [0.3, 0.4) is 0 Å². The molecule has 2 aromatic rings. The first-order valence-corrected chi connectivity index (χ1v) is 7.48. The van der Waals surface area contributed by atoms with Crippen LogP contribution in [0.25, 0.3) is 11.3 Å². The molecule has 1 heterocycles. The third-order valence-corrected chi connectivity index (χ3v) is 3.65. The van der Waals surface area contributed by atoms with Crippen molar-refractivity contribution in [3.8, 4) is 11.3 Å². The second-order valence-corrected chi connectivity index (χ2v) is 5.03. The van der Waals surface area contributed by atoms with E-state index < -0.39 is 0 Å². The highest BCUT2D eigenvalue weighted by Gasteiger charge is 2.09. The summed E-state index contributed by atoms with van der Waals surface area (Å²) < 4.78 is 6.44. The molecule has 0 aliphatic carbocycles. The van der Waals surface area contributed by atoms with E-state index in [1.165, 1.54) is 10.2 Å². The molecular formula is C16H19ClN2O2. The molecule has 4 nitrogen and oxygen atoms in total. The van der Waals surface area contributed by atoms with E-state index in [4.69, 9.17) is 16.3 Å². The lowest BCUT2D eigenvalue weighted by atomic mass is 10.1. The second kappa shape index (κ2) is 7.38. The van der Waals surface area contributed by atoms with Gasteiger partial charge >= 0.3 is 0 Å². The van der Waals surface area contributed by atoms with Gasteiger partial charge in [-0.25, -0.2) is 4.68 Å². The maximum atomic E-state index is 12.2. The van der Waals surface area contributed by atoms with Gasteiger partial charge in [-0.15, -0.1) is 11.6 Å².